The molecule has 3 unspecified atom stereocenters. The van der Waals surface area contributed by atoms with E-state index >= 15 is 0 Å². The number of halogens is 1. The fourth-order valence-electron chi connectivity index (χ4n) is 1.34. The lowest BCUT2D eigenvalue weighted by atomic mass is 9.92. The van der Waals surface area contributed by atoms with Crippen molar-refractivity contribution in [2.24, 2.45) is 11.8 Å². The Labute approximate surface area is 76.4 Å². The maximum Gasteiger partial charge on any atom is 0.0222 e. The molecule has 0 aliphatic carbocycles. The molecule has 0 aromatic heterocycles. The van der Waals surface area contributed by atoms with Crippen LogP contribution in [-0.2, 0) is 0 Å². The van der Waals surface area contributed by atoms with E-state index in [2.05, 4.69) is 47.5 Å². The van der Waals surface area contributed by atoms with Crippen LogP contribution in [0.15, 0.2) is 12.7 Å². The summed E-state index contributed by atoms with van der Waals surface area (Å²) in [6.45, 7) is 8.39. The molecule has 10 heavy (non-hydrogen) atoms. The molecular formula is C8H14IN. The number of alkyl halides is 1. The van der Waals surface area contributed by atoms with Crippen LogP contribution in [0.25, 0.3) is 0 Å². The smallest absolute Gasteiger partial charge is 0.0222 e. The van der Waals surface area contributed by atoms with E-state index in [-0.39, 0.29) is 0 Å². The van der Waals surface area contributed by atoms with Crippen molar-refractivity contribution in [3.05, 3.63) is 12.7 Å². The van der Waals surface area contributed by atoms with Crippen molar-refractivity contribution in [2.45, 2.75) is 10.8 Å². The van der Waals surface area contributed by atoms with Gasteiger partial charge in [-0.15, -0.1) is 6.58 Å². The highest BCUT2D eigenvalue weighted by Gasteiger charge is 2.25. The summed E-state index contributed by atoms with van der Waals surface area (Å²) in [5.74, 6) is 1.46. The first-order chi connectivity index (χ1) is 4.75. The zero-order valence-corrected chi connectivity index (χ0v) is 8.47. The van der Waals surface area contributed by atoms with E-state index in [9.17, 15) is 0 Å². The number of hydrogen-bond acceptors (Lipinski definition) is 1. The van der Waals surface area contributed by atoms with Crippen molar-refractivity contribution >= 4 is 22.6 Å². The maximum absolute atomic E-state index is 3.82. The Hall–Kier alpha value is 0.430. The predicted octanol–water partition coefficient (Wildman–Crippen LogP) is 1.83. The third kappa shape index (κ3) is 1.72. The highest BCUT2D eigenvalue weighted by atomic mass is 127. The summed E-state index contributed by atoms with van der Waals surface area (Å²) in [6, 6.07) is 0. The van der Waals surface area contributed by atoms with Gasteiger partial charge in [0.15, 0.2) is 0 Å². The molecule has 1 fully saturated rings. The van der Waals surface area contributed by atoms with E-state index in [0.29, 0.717) is 5.92 Å². The molecule has 1 aliphatic heterocycles. The normalized spacial score (nSPS) is 41.2. The molecule has 0 saturated carbocycles. The summed E-state index contributed by atoms with van der Waals surface area (Å²) in [7, 11) is 0. The zero-order valence-electron chi connectivity index (χ0n) is 6.31. The average Bonchev–Trinajstić information content (AvgIpc) is 1.95. The molecular weight excluding hydrogens is 237 g/mol. The Bertz CT molecular complexity index is 124. The first kappa shape index (κ1) is 8.53. The molecule has 1 N–H and O–H groups in total. The second kappa shape index (κ2) is 3.72. The second-order valence-corrected chi connectivity index (χ2v) is 4.42. The molecule has 0 aromatic carbocycles. The Balaban J connectivity index is 2.50. The lowest BCUT2D eigenvalue weighted by molar-refractivity contribution is 0.370. The monoisotopic (exact) mass is 251 g/mol. The molecule has 0 radical (unpaired) electrons. The van der Waals surface area contributed by atoms with Crippen LogP contribution in [-0.4, -0.2) is 17.0 Å². The molecule has 1 heterocycles. The molecule has 0 spiro atoms. The average molecular weight is 251 g/mol. The van der Waals surface area contributed by atoms with Gasteiger partial charge < -0.3 is 5.32 Å². The Morgan fingerprint density at radius 1 is 1.60 bits per heavy atom. The topological polar surface area (TPSA) is 12.0 Å². The molecule has 0 bridgehead atoms. The van der Waals surface area contributed by atoms with E-state index in [1.807, 2.05) is 0 Å². The maximum atomic E-state index is 3.82. The minimum atomic E-state index is 0.671. The summed E-state index contributed by atoms with van der Waals surface area (Å²) in [5.41, 5.74) is 0. The predicted molar refractivity (Wildman–Crippen MR) is 53.5 cm³/mol. The van der Waals surface area contributed by atoms with Gasteiger partial charge in [-0.2, -0.15) is 0 Å². The van der Waals surface area contributed by atoms with Gasteiger partial charge in [0.2, 0.25) is 0 Å². The lowest BCUT2D eigenvalue weighted by Crippen LogP contribution is -2.41. The molecule has 58 valence electrons. The van der Waals surface area contributed by atoms with E-state index in [1.165, 1.54) is 0 Å². The third-order valence-electron chi connectivity index (χ3n) is 2.10. The van der Waals surface area contributed by atoms with E-state index in [4.69, 9.17) is 0 Å². The van der Waals surface area contributed by atoms with Crippen LogP contribution in [0.5, 0.6) is 0 Å². The molecule has 1 aliphatic rings. The van der Waals surface area contributed by atoms with Gasteiger partial charge in [-0.1, -0.05) is 35.6 Å². The molecule has 1 rings (SSSR count). The van der Waals surface area contributed by atoms with Gasteiger partial charge >= 0.3 is 0 Å². The largest absolute Gasteiger partial charge is 0.316 e. The van der Waals surface area contributed by atoms with E-state index < -0.39 is 0 Å². The lowest BCUT2D eigenvalue weighted by Gasteiger charge is -2.31. The van der Waals surface area contributed by atoms with Crippen molar-refractivity contribution in [3.8, 4) is 0 Å². The van der Waals surface area contributed by atoms with Gasteiger partial charge in [0.05, 0.1) is 0 Å². The van der Waals surface area contributed by atoms with Crippen molar-refractivity contribution in [3.63, 3.8) is 0 Å². The van der Waals surface area contributed by atoms with Crippen molar-refractivity contribution in [1.29, 1.82) is 0 Å². The fraction of sp³-hybridized carbons (Fsp3) is 0.750. The molecule has 3 atom stereocenters. The summed E-state index contributed by atoms with van der Waals surface area (Å²) in [4.78, 5) is 0. The zero-order chi connectivity index (χ0) is 7.56. The quantitative estimate of drug-likeness (QED) is 0.426. The Morgan fingerprint density at radius 2 is 2.30 bits per heavy atom. The second-order valence-electron chi connectivity index (χ2n) is 2.98. The van der Waals surface area contributed by atoms with Crippen molar-refractivity contribution in [2.75, 3.05) is 13.1 Å². The standard InChI is InChI=1S/C8H14IN/c1-3-7-5-10-4-6(2)8(7)9/h3,6-8,10H,1,4-5H2,2H3. The van der Waals surface area contributed by atoms with E-state index in [0.717, 1.165) is 22.9 Å². The highest BCUT2D eigenvalue weighted by molar-refractivity contribution is 14.1. The van der Waals surface area contributed by atoms with Gasteiger partial charge in [0, 0.05) is 16.4 Å². The van der Waals surface area contributed by atoms with Crippen LogP contribution in [0.4, 0.5) is 0 Å². The van der Waals surface area contributed by atoms with Crippen LogP contribution in [0.2, 0.25) is 0 Å². The minimum Gasteiger partial charge on any atom is -0.316 e. The molecule has 0 aromatic rings. The molecule has 1 nitrogen and oxygen atoms in total. The van der Waals surface area contributed by atoms with Crippen LogP contribution in [0.3, 0.4) is 0 Å². The van der Waals surface area contributed by atoms with E-state index in [1.54, 1.807) is 0 Å². The van der Waals surface area contributed by atoms with Crippen LogP contribution >= 0.6 is 22.6 Å². The minimum absolute atomic E-state index is 0.671. The summed E-state index contributed by atoms with van der Waals surface area (Å²) >= 11 is 2.53. The Kier molecular flexibility index (Phi) is 3.17. The third-order valence-corrected chi connectivity index (χ3v) is 4.25. The number of hydrogen-bond donors (Lipinski definition) is 1. The Morgan fingerprint density at radius 3 is 2.80 bits per heavy atom. The first-order valence-corrected chi connectivity index (χ1v) is 4.97. The van der Waals surface area contributed by atoms with Crippen molar-refractivity contribution in [1.82, 2.24) is 5.32 Å². The summed E-state index contributed by atoms with van der Waals surface area (Å²) in [6.07, 6.45) is 2.07. The molecule has 1 saturated heterocycles. The van der Waals surface area contributed by atoms with Crippen LogP contribution in [0.1, 0.15) is 6.92 Å². The molecule has 0 amide bonds. The van der Waals surface area contributed by atoms with Gasteiger partial charge in [-0.25, -0.2) is 0 Å². The van der Waals surface area contributed by atoms with Crippen molar-refractivity contribution < 1.29 is 0 Å². The summed E-state index contributed by atoms with van der Waals surface area (Å²) < 4.78 is 0.774. The number of rotatable bonds is 1. The molecule has 2 heteroatoms. The van der Waals surface area contributed by atoms with Crippen LogP contribution in [0, 0.1) is 11.8 Å². The highest BCUT2D eigenvalue weighted by Crippen LogP contribution is 2.25. The van der Waals surface area contributed by atoms with Crippen LogP contribution < -0.4 is 5.32 Å². The number of piperidine rings is 1. The first-order valence-electron chi connectivity index (χ1n) is 3.73. The SMILES string of the molecule is C=CC1CNCC(C)C1I. The number of nitrogens with one attached hydrogen (secondary N) is 1. The fourth-order valence-corrected chi connectivity index (χ4v) is 2.14. The summed E-state index contributed by atoms with van der Waals surface area (Å²) in [5, 5.41) is 3.39. The van der Waals surface area contributed by atoms with Gasteiger partial charge in [-0.3, -0.25) is 0 Å². The van der Waals surface area contributed by atoms with Gasteiger partial charge in [-0.05, 0) is 12.5 Å². The van der Waals surface area contributed by atoms with Gasteiger partial charge in [0.1, 0.15) is 0 Å². The van der Waals surface area contributed by atoms with Gasteiger partial charge in [0.25, 0.3) is 0 Å².